The number of anilines is 3. The summed E-state index contributed by atoms with van der Waals surface area (Å²) < 4.78 is 0. The van der Waals surface area contributed by atoms with E-state index in [-0.39, 0.29) is 26.9 Å². The van der Waals surface area contributed by atoms with Crippen molar-refractivity contribution in [3.8, 4) is 0 Å². The monoisotopic (exact) mass is 557 g/mol. The van der Waals surface area contributed by atoms with E-state index in [1.165, 1.54) is 18.2 Å². The summed E-state index contributed by atoms with van der Waals surface area (Å²) in [5.41, 5.74) is 1.87. The van der Waals surface area contributed by atoms with Crippen LogP contribution in [0.1, 0.15) is 33.6 Å². The van der Waals surface area contributed by atoms with Gasteiger partial charge in [-0.1, -0.05) is 23.2 Å². The van der Waals surface area contributed by atoms with Crippen LogP contribution in [0.2, 0.25) is 10.0 Å². The summed E-state index contributed by atoms with van der Waals surface area (Å²) in [6.07, 6.45) is 1.95. The number of thiocarbonyl (C=S) groups is 1. The molecule has 2 amide bonds. The van der Waals surface area contributed by atoms with Crippen LogP contribution in [0.4, 0.5) is 22.7 Å². The van der Waals surface area contributed by atoms with Gasteiger partial charge >= 0.3 is 0 Å². The molecule has 0 aliphatic carbocycles. The number of nitro benzene ring substituents is 1. The van der Waals surface area contributed by atoms with E-state index in [0.29, 0.717) is 22.1 Å². The van der Waals surface area contributed by atoms with E-state index < -0.39 is 16.7 Å². The zero-order chi connectivity index (χ0) is 26.5. The predicted molar refractivity (Wildman–Crippen MR) is 149 cm³/mol. The van der Waals surface area contributed by atoms with Crippen molar-refractivity contribution in [3.63, 3.8) is 0 Å². The average Bonchev–Trinajstić information content (AvgIpc) is 3.39. The zero-order valence-corrected chi connectivity index (χ0v) is 21.6. The third-order valence-corrected chi connectivity index (χ3v) is 6.44. The molecule has 0 spiro atoms. The van der Waals surface area contributed by atoms with Crippen molar-refractivity contribution in [1.29, 1.82) is 0 Å². The molecule has 3 aromatic carbocycles. The highest BCUT2D eigenvalue weighted by atomic mass is 35.5. The molecule has 0 unspecified atom stereocenters. The Bertz CT molecular complexity index is 1380. The Hall–Kier alpha value is -3.73. The number of amides is 2. The molecular weight excluding hydrogens is 537 g/mol. The maximum Gasteiger partial charge on any atom is 0.293 e. The molecule has 4 rings (SSSR count). The highest BCUT2D eigenvalue weighted by molar-refractivity contribution is 7.80. The summed E-state index contributed by atoms with van der Waals surface area (Å²) in [5, 5.41) is 20.4. The first-order valence-corrected chi connectivity index (χ1v) is 12.4. The molecule has 0 radical (unpaired) electrons. The number of hydrogen-bond donors (Lipinski definition) is 3. The number of nitro groups is 1. The quantitative estimate of drug-likeness (QED) is 0.197. The van der Waals surface area contributed by atoms with Crippen LogP contribution in [0.3, 0.4) is 0 Å². The molecule has 0 saturated carbocycles. The van der Waals surface area contributed by atoms with Gasteiger partial charge in [-0.05, 0) is 79.7 Å². The minimum atomic E-state index is -0.572. The molecule has 0 bridgehead atoms. The van der Waals surface area contributed by atoms with Gasteiger partial charge in [0.2, 0.25) is 0 Å². The second kappa shape index (κ2) is 11.5. The van der Waals surface area contributed by atoms with Gasteiger partial charge < -0.3 is 15.5 Å². The van der Waals surface area contributed by atoms with Gasteiger partial charge in [0.05, 0.1) is 15.5 Å². The number of nitrogens with zero attached hydrogens (tertiary/aromatic N) is 2. The van der Waals surface area contributed by atoms with Crippen LogP contribution in [-0.2, 0) is 0 Å². The Morgan fingerprint density at radius 3 is 2.16 bits per heavy atom. The van der Waals surface area contributed by atoms with E-state index in [2.05, 4.69) is 16.0 Å². The minimum Gasteiger partial charge on any atom is -0.366 e. The smallest absolute Gasteiger partial charge is 0.293 e. The summed E-state index contributed by atoms with van der Waals surface area (Å²) in [7, 11) is 0. The van der Waals surface area contributed by atoms with E-state index in [0.717, 1.165) is 25.9 Å². The maximum absolute atomic E-state index is 12.7. The second-order valence-corrected chi connectivity index (χ2v) is 9.47. The molecule has 1 heterocycles. The minimum absolute atomic E-state index is 0.0148. The van der Waals surface area contributed by atoms with E-state index in [9.17, 15) is 19.7 Å². The third-order valence-electron chi connectivity index (χ3n) is 5.68. The topological polar surface area (TPSA) is 117 Å². The zero-order valence-electron chi connectivity index (χ0n) is 19.3. The van der Waals surface area contributed by atoms with Gasteiger partial charge in [-0.25, -0.2) is 0 Å². The first kappa shape index (κ1) is 26.3. The molecule has 1 saturated heterocycles. The van der Waals surface area contributed by atoms with Crippen molar-refractivity contribution < 1.29 is 14.5 Å². The number of carbonyl (C=O) groups excluding carboxylic acids is 2. The van der Waals surface area contributed by atoms with Crippen LogP contribution >= 0.6 is 35.4 Å². The lowest BCUT2D eigenvalue weighted by molar-refractivity contribution is -0.384. The standard InChI is InChI=1S/C25H21Cl2N5O4S/c26-16-4-9-19(20(27)14-16)24(34)28-17-5-7-18(8-6-17)29-25(37)30-23(33)15-3-10-21(22(13-15)32(35)36)31-11-1-2-12-31/h3-10,13-14H,1-2,11-12H2,(H,28,34)(H2,29,30,33,37). The number of carbonyl (C=O) groups is 2. The number of hydrogen-bond acceptors (Lipinski definition) is 6. The molecule has 1 aliphatic heterocycles. The largest absolute Gasteiger partial charge is 0.366 e. The summed E-state index contributed by atoms with van der Waals surface area (Å²) in [6, 6.07) is 15.6. The Morgan fingerprint density at radius 2 is 1.54 bits per heavy atom. The molecule has 1 aliphatic rings. The molecule has 12 heteroatoms. The molecule has 3 N–H and O–H groups in total. The summed E-state index contributed by atoms with van der Waals surface area (Å²) in [4.78, 5) is 38.2. The highest BCUT2D eigenvalue weighted by Gasteiger charge is 2.24. The van der Waals surface area contributed by atoms with Gasteiger partial charge in [-0.2, -0.15) is 0 Å². The lowest BCUT2D eigenvalue weighted by Gasteiger charge is -2.18. The second-order valence-electron chi connectivity index (χ2n) is 8.22. The van der Waals surface area contributed by atoms with Gasteiger partial charge in [-0.15, -0.1) is 0 Å². The first-order chi connectivity index (χ1) is 17.7. The van der Waals surface area contributed by atoms with Gasteiger partial charge in [0.15, 0.2) is 5.11 Å². The lowest BCUT2D eigenvalue weighted by atomic mass is 10.1. The van der Waals surface area contributed by atoms with Gasteiger partial charge in [0.1, 0.15) is 5.69 Å². The fourth-order valence-corrected chi connectivity index (χ4v) is 4.59. The van der Waals surface area contributed by atoms with Crippen LogP contribution in [0.25, 0.3) is 0 Å². The molecule has 3 aromatic rings. The van der Waals surface area contributed by atoms with Gasteiger partial charge in [-0.3, -0.25) is 25.0 Å². The predicted octanol–water partition coefficient (Wildman–Crippen LogP) is 5.88. The van der Waals surface area contributed by atoms with Crippen molar-refractivity contribution in [2.75, 3.05) is 28.6 Å². The van der Waals surface area contributed by atoms with Crippen LogP contribution in [0.15, 0.2) is 60.7 Å². The third kappa shape index (κ3) is 6.53. The molecule has 190 valence electrons. The SMILES string of the molecule is O=C(NC(=S)Nc1ccc(NC(=O)c2ccc(Cl)cc2Cl)cc1)c1ccc(N2CCCC2)c([N+](=O)[O-])c1. The van der Waals surface area contributed by atoms with Crippen LogP contribution < -0.4 is 20.9 Å². The molecular formula is C25H21Cl2N5O4S. The first-order valence-electron chi connectivity index (χ1n) is 11.2. The summed E-state index contributed by atoms with van der Waals surface area (Å²) >= 11 is 17.2. The molecule has 1 fully saturated rings. The average molecular weight is 558 g/mol. The summed E-state index contributed by atoms with van der Waals surface area (Å²) in [5.74, 6) is -0.965. The number of halogens is 2. The normalized spacial score (nSPS) is 12.6. The summed E-state index contributed by atoms with van der Waals surface area (Å²) in [6.45, 7) is 1.50. The van der Waals surface area contributed by atoms with Crippen LogP contribution in [0, 0.1) is 10.1 Å². The lowest BCUT2D eigenvalue weighted by Crippen LogP contribution is -2.34. The van der Waals surface area contributed by atoms with Crippen molar-refractivity contribution in [1.82, 2.24) is 5.32 Å². The molecule has 37 heavy (non-hydrogen) atoms. The fraction of sp³-hybridized carbons (Fsp3) is 0.160. The van der Waals surface area contributed by atoms with Crippen molar-refractivity contribution in [3.05, 3.63) is 92.0 Å². The van der Waals surface area contributed by atoms with Crippen molar-refractivity contribution in [2.45, 2.75) is 12.8 Å². The van der Waals surface area contributed by atoms with Crippen LogP contribution in [0.5, 0.6) is 0 Å². The van der Waals surface area contributed by atoms with Gasteiger partial charge in [0, 0.05) is 41.1 Å². The van der Waals surface area contributed by atoms with Crippen LogP contribution in [-0.4, -0.2) is 34.9 Å². The van der Waals surface area contributed by atoms with Gasteiger partial charge in [0.25, 0.3) is 17.5 Å². The van der Waals surface area contributed by atoms with E-state index in [1.54, 1.807) is 42.5 Å². The Labute approximate surface area is 227 Å². The van der Waals surface area contributed by atoms with E-state index in [1.807, 2.05) is 4.90 Å². The highest BCUT2D eigenvalue weighted by Crippen LogP contribution is 2.31. The number of nitrogens with one attached hydrogen (secondary N) is 3. The number of benzene rings is 3. The Morgan fingerprint density at radius 1 is 0.892 bits per heavy atom. The molecule has 0 atom stereocenters. The molecule has 9 nitrogen and oxygen atoms in total. The molecule has 0 aromatic heterocycles. The van der Waals surface area contributed by atoms with E-state index >= 15 is 0 Å². The van der Waals surface area contributed by atoms with Crippen molar-refractivity contribution >= 4 is 75.1 Å². The fourth-order valence-electron chi connectivity index (χ4n) is 3.88. The maximum atomic E-state index is 12.7. The van der Waals surface area contributed by atoms with Crippen molar-refractivity contribution in [2.24, 2.45) is 0 Å². The van der Waals surface area contributed by atoms with E-state index in [4.69, 9.17) is 35.4 Å². The Balaban J connectivity index is 1.36. The number of rotatable bonds is 6. The Kier molecular flexibility index (Phi) is 8.22.